The summed E-state index contributed by atoms with van der Waals surface area (Å²) in [5.41, 5.74) is 5.44. The highest BCUT2D eigenvalue weighted by Crippen LogP contribution is 2.11. The molecule has 14 heavy (non-hydrogen) atoms. The van der Waals surface area contributed by atoms with Crippen molar-refractivity contribution in [1.29, 1.82) is 0 Å². The van der Waals surface area contributed by atoms with Gasteiger partial charge in [-0.1, -0.05) is 11.3 Å². The number of nitrogen functional groups attached to an aromatic ring is 1. The standard InChI is InChI=1S/C8H8N4OS/c1-5-10-11-8(14-5)12-4-2-3-6(9)7(12)13/h2-4H,9H2,1H3. The molecule has 2 N–H and O–H groups in total. The summed E-state index contributed by atoms with van der Waals surface area (Å²) in [5.74, 6) is 0. The van der Waals surface area contributed by atoms with Crippen LogP contribution < -0.4 is 11.3 Å². The van der Waals surface area contributed by atoms with E-state index >= 15 is 0 Å². The Hall–Kier alpha value is -1.69. The van der Waals surface area contributed by atoms with Crippen LogP contribution in [0.15, 0.2) is 23.1 Å². The van der Waals surface area contributed by atoms with Crippen molar-refractivity contribution < 1.29 is 0 Å². The van der Waals surface area contributed by atoms with E-state index in [1.54, 1.807) is 18.3 Å². The minimum atomic E-state index is -0.261. The topological polar surface area (TPSA) is 73.8 Å². The van der Waals surface area contributed by atoms with Crippen molar-refractivity contribution in [3.05, 3.63) is 33.7 Å². The van der Waals surface area contributed by atoms with E-state index in [-0.39, 0.29) is 11.2 Å². The molecule has 0 aliphatic carbocycles. The molecular formula is C8H8N4OS. The van der Waals surface area contributed by atoms with Gasteiger partial charge in [0.2, 0.25) is 5.13 Å². The van der Waals surface area contributed by atoms with E-state index in [4.69, 9.17) is 5.73 Å². The molecule has 5 nitrogen and oxygen atoms in total. The van der Waals surface area contributed by atoms with Gasteiger partial charge in [-0.25, -0.2) is 0 Å². The van der Waals surface area contributed by atoms with Gasteiger partial charge >= 0.3 is 0 Å². The minimum absolute atomic E-state index is 0.209. The highest BCUT2D eigenvalue weighted by molar-refractivity contribution is 7.13. The van der Waals surface area contributed by atoms with Gasteiger partial charge in [-0.3, -0.25) is 9.36 Å². The van der Waals surface area contributed by atoms with Crippen LogP contribution >= 0.6 is 11.3 Å². The molecule has 0 amide bonds. The maximum Gasteiger partial charge on any atom is 0.280 e. The Morgan fingerprint density at radius 1 is 1.50 bits per heavy atom. The molecule has 2 aromatic rings. The van der Waals surface area contributed by atoms with Crippen LogP contribution in [-0.4, -0.2) is 14.8 Å². The molecule has 72 valence electrons. The van der Waals surface area contributed by atoms with Crippen molar-refractivity contribution in [3.63, 3.8) is 0 Å². The van der Waals surface area contributed by atoms with E-state index in [1.807, 2.05) is 6.92 Å². The molecule has 0 radical (unpaired) electrons. The normalized spacial score (nSPS) is 10.4. The Kier molecular flexibility index (Phi) is 2.05. The quantitative estimate of drug-likeness (QED) is 0.744. The van der Waals surface area contributed by atoms with E-state index in [9.17, 15) is 4.79 Å². The van der Waals surface area contributed by atoms with Gasteiger partial charge in [0.05, 0.1) is 5.69 Å². The van der Waals surface area contributed by atoms with Gasteiger partial charge in [0.1, 0.15) is 5.01 Å². The fourth-order valence-corrected chi connectivity index (χ4v) is 1.71. The molecule has 0 atom stereocenters. The van der Waals surface area contributed by atoms with Crippen molar-refractivity contribution in [2.45, 2.75) is 6.92 Å². The number of anilines is 1. The average molecular weight is 208 g/mol. The number of nitrogens with two attached hydrogens (primary N) is 1. The molecule has 0 aliphatic rings. The number of aryl methyl sites for hydroxylation is 1. The predicted molar refractivity (Wildman–Crippen MR) is 54.7 cm³/mol. The van der Waals surface area contributed by atoms with Crippen LogP contribution in [0, 0.1) is 6.92 Å². The Bertz CT molecular complexity index is 516. The lowest BCUT2D eigenvalue weighted by Crippen LogP contribution is -2.20. The van der Waals surface area contributed by atoms with Crippen LogP contribution in [0.1, 0.15) is 5.01 Å². The monoisotopic (exact) mass is 208 g/mol. The van der Waals surface area contributed by atoms with Gasteiger partial charge in [0.15, 0.2) is 0 Å². The Morgan fingerprint density at radius 3 is 2.93 bits per heavy atom. The first-order valence-electron chi connectivity index (χ1n) is 3.96. The Balaban J connectivity index is 2.63. The zero-order valence-corrected chi connectivity index (χ0v) is 8.28. The number of aromatic nitrogens is 3. The highest BCUT2D eigenvalue weighted by Gasteiger charge is 2.05. The molecule has 6 heteroatoms. The summed E-state index contributed by atoms with van der Waals surface area (Å²) in [6.07, 6.45) is 1.62. The van der Waals surface area contributed by atoms with Gasteiger partial charge in [-0.15, -0.1) is 10.2 Å². The summed E-state index contributed by atoms with van der Waals surface area (Å²) in [4.78, 5) is 11.6. The molecule has 2 aromatic heterocycles. The third-order valence-corrected chi connectivity index (χ3v) is 2.54. The third kappa shape index (κ3) is 1.39. The molecule has 0 unspecified atom stereocenters. The van der Waals surface area contributed by atoms with Crippen molar-refractivity contribution in [2.75, 3.05) is 5.73 Å². The molecule has 2 heterocycles. The molecule has 0 aliphatic heterocycles. The van der Waals surface area contributed by atoms with Gasteiger partial charge < -0.3 is 5.73 Å². The lowest BCUT2D eigenvalue weighted by Gasteiger charge is -1.99. The fraction of sp³-hybridized carbons (Fsp3) is 0.125. The highest BCUT2D eigenvalue weighted by atomic mass is 32.1. The first-order chi connectivity index (χ1) is 6.68. The fourth-order valence-electron chi connectivity index (χ4n) is 1.04. The van der Waals surface area contributed by atoms with E-state index < -0.39 is 0 Å². The average Bonchev–Trinajstić information content (AvgIpc) is 2.57. The van der Waals surface area contributed by atoms with Crippen LogP contribution in [-0.2, 0) is 0 Å². The van der Waals surface area contributed by atoms with E-state index in [2.05, 4.69) is 10.2 Å². The molecular weight excluding hydrogens is 200 g/mol. The van der Waals surface area contributed by atoms with Crippen LogP contribution in [0.5, 0.6) is 0 Å². The van der Waals surface area contributed by atoms with E-state index in [0.717, 1.165) is 5.01 Å². The largest absolute Gasteiger partial charge is 0.394 e. The molecule has 0 spiro atoms. The van der Waals surface area contributed by atoms with Crippen molar-refractivity contribution in [1.82, 2.24) is 14.8 Å². The lowest BCUT2D eigenvalue weighted by molar-refractivity contribution is 0.922. The second-order valence-corrected chi connectivity index (χ2v) is 3.90. The summed E-state index contributed by atoms with van der Waals surface area (Å²) < 4.78 is 1.39. The number of nitrogens with zero attached hydrogens (tertiary/aromatic N) is 3. The SMILES string of the molecule is Cc1nnc(-n2cccc(N)c2=O)s1. The molecule has 0 saturated carbocycles. The van der Waals surface area contributed by atoms with E-state index in [0.29, 0.717) is 5.13 Å². The molecule has 0 aromatic carbocycles. The van der Waals surface area contributed by atoms with Gasteiger partial charge in [-0.2, -0.15) is 0 Å². The van der Waals surface area contributed by atoms with Gasteiger partial charge in [-0.05, 0) is 19.1 Å². The smallest absolute Gasteiger partial charge is 0.280 e. The Morgan fingerprint density at radius 2 is 2.29 bits per heavy atom. The number of hydrogen-bond donors (Lipinski definition) is 1. The minimum Gasteiger partial charge on any atom is -0.394 e. The number of rotatable bonds is 1. The summed E-state index contributed by atoms with van der Waals surface area (Å²) in [6, 6.07) is 3.26. The predicted octanol–water partition coefficient (Wildman–Crippen LogP) is 0.580. The summed E-state index contributed by atoms with van der Waals surface area (Å²) in [5, 5.41) is 9.05. The van der Waals surface area contributed by atoms with Gasteiger partial charge in [0, 0.05) is 6.20 Å². The second kappa shape index (κ2) is 3.22. The van der Waals surface area contributed by atoms with Crippen LogP contribution in [0.4, 0.5) is 5.69 Å². The number of pyridine rings is 1. The Labute approximate surface area is 83.8 Å². The number of hydrogen-bond acceptors (Lipinski definition) is 5. The zero-order chi connectivity index (χ0) is 10.1. The maximum absolute atomic E-state index is 11.6. The van der Waals surface area contributed by atoms with Crippen LogP contribution in [0.2, 0.25) is 0 Å². The maximum atomic E-state index is 11.6. The van der Waals surface area contributed by atoms with Crippen molar-refractivity contribution >= 4 is 17.0 Å². The summed E-state index contributed by atoms with van der Waals surface area (Å²) >= 11 is 1.35. The van der Waals surface area contributed by atoms with Gasteiger partial charge in [0.25, 0.3) is 5.56 Å². The first-order valence-corrected chi connectivity index (χ1v) is 4.78. The lowest BCUT2D eigenvalue weighted by atomic mass is 10.4. The van der Waals surface area contributed by atoms with E-state index in [1.165, 1.54) is 15.9 Å². The van der Waals surface area contributed by atoms with Crippen LogP contribution in [0.25, 0.3) is 5.13 Å². The summed E-state index contributed by atoms with van der Waals surface area (Å²) in [7, 11) is 0. The second-order valence-electron chi connectivity index (χ2n) is 2.74. The third-order valence-electron chi connectivity index (χ3n) is 1.70. The first kappa shape index (κ1) is 8.89. The van der Waals surface area contributed by atoms with Crippen molar-refractivity contribution in [2.24, 2.45) is 0 Å². The van der Waals surface area contributed by atoms with Crippen LogP contribution in [0.3, 0.4) is 0 Å². The summed E-state index contributed by atoms with van der Waals surface area (Å²) in [6.45, 7) is 1.83. The molecule has 0 bridgehead atoms. The van der Waals surface area contributed by atoms with Crippen molar-refractivity contribution in [3.8, 4) is 5.13 Å². The molecule has 0 saturated heterocycles. The zero-order valence-electron chi connectivity index (χ0n) is 7.47. The molecule has 0 fully saturated rings. The molecule has 2 rings (SSSR count).